The average molecular weight is 290 g/mol. The Hall–Kier alpha value is -1.84. The Kier molecular flexibility index (Phi) is 6.92. The van der Waals surface area contributed by atoms with Crippen LogP contribution in [0.2, 0.25) is 0 Å². The Balaban J connectivity index is 2.46. The highest BCUT2D eigenvalue weighted by atomic mass is 16.2. The Morgan fingerprint density at radius 1 is 1.05 bits per heavy atom. The lowest BCUT2D eigenvalue weighted by atomic mass is 10.0. The summed E-state index contributed by atoms with van der Waals surface area (Å²) in [5.41, 5.74) is 1.26. The highest BCUT2D eigenvalue weighted by molar-refractivity contribution is 5.87. The van der Waals surface area contributed by atoms with Crippen molar-refractivity contribution < 1.29 is 9.59 Å². The fourth-order valence-electron chi connectivity index (χ4n) is 2.19. The number of amides is 2. The maximum Gasteiger partial charge on any atom is 0.243 e. The first kappa shape index (κ1) is 17.2. The fraction of sp³-hybridized carbons (Fsp3) is 0.529. The standard InChI is InChI=1S/C17H26N2O2/c1-12(2)16(19-14(4)20)17(21)18-13(3)10-11-15-8-6-5-7-9-15/h5-9,12-13,16H,10-11H2,1-4H3,(H,18,21)(H,19,20)/t13-,16-/m1/s1. The maximum atomic E-state index is 12.2. The van der Waals surface area contributed by atoms with Crippen LogP contribution in [0.1, 0.15) is 39.7 Å². The quantitative estimate of drug-likeness (QED) is 0.809. The van der Waals surface area contributed by atoms with Crippen LogP contribution >= 0.6 is 0 Å². The Morgan fingerprint density at radius 3 is 2.19 bits per heavy atom. The molecule has 0 fully saturated rings. The predicted octanol–water partition coefficient (Wildman–Crippen LogP) is 2.28. The van der Waals surface area contributed by atoms with Crippen LogP contribution < -0.4 is 10.6 Å². The van der Waals surface area contributed by atoms with Crippen molar-refractivity contribution in [2.45, 2.75) is 52.6 Å². The number of hydrogen-bond acceptors (Lipinski definition) is 2. The summed E-state index contributed by atoms with van der Waals surface area (Å²) in [6.07, 6.45) is 1.80. The molecule has 0 aliphatic heterocycles. The molecular formula is C17H26N2O2. The number of rotatable bonds is 7. The van der Waals surface area contributed by atoms with E-state index >= 15 is 0 Å². The average Bonchev–Trinajstić information content (AvgIpc) is 2.43. The van der Waals surface area contributed by atoms with E-state index in [1.165, 1.54) is 12.5 Å². The van der Waals surface area contributed by atoms with Gasteiger partial charge in [0.25, 0.3) is 0 Å². The van der Waals surface area contributed by atoms with E-state index in [0.717, 1.165) is 12.8 Å². The molecule has 0 radical (unpaired) electrons. The van der Waals surface area contributed by atoms with Gasteiger partial charge in [0, 0.05) is 13.0 Å². The molecular weight excluding hydrogens is 264 g/mol. The van der Waals surface area contributed by atoms with Crippen LogP contribution in [0.15, 0.2) is 30.3 Å². The van der Waals surface area contributed by atoms with Crippen molar-refractivity contribution in [1.29, 1.82) is 0 Å². The number of hydrogen-bond donors (Lipinski definition) is 2. The molecule has 2 amide bonds. The highest BCUT2D eigenvalue weighted by Gasteiger charge is 2.23. The normalized spacial score (nSPS) is 13.6. The van der Waals surface area contributed by atoms with Crippen molar-refractivity contribution in [1.82, 2.24) is 10.6 Å². The van der Waals surface area contributed by atoms with Gasteiger partial charge in [-0.05, 0) is 31.2 Å². The second-order valence-corrected chi connectivity index (χ2v) is 5.86. The SMILES string of the molecule is CC(=O)N[C@@H](C(=O)N[C@H](C)CCc1ccccc1)C(C)C. The number of nitrogens with one attached hydrogen (secondary N) is 2. The van der Waals surface area contributed by atoms with Crippen LogP contribution in [-0.2, 0) is 16.0 Å². The first-order valence-electron chi connectivity index (χ1n) is 7.51. The van der Waals surface area contributed by atoms with Crippen LogP contribution in [0.4, 0.5) is 0 Å². The summed E-state index contributed by atoms with van der Waals surface area (Å²) in [5, 5.41) is 5.69. The fourth-order valence-corrected chi connectivity index (χ4v) is 2.19. The van der Waals surface area contributed by atoms with E-state index in [-0.39, 0.29) is 23.8 Å². The molecule has 2 N–H and O–H groups in total. The molecule has 0 aromatic heterocycles. The van der Waals surface area contributed by atoms with E-state index in [4.69, 9.17) is 0 Å². The van der Waals surface area contributed by atoms with Crippen LogP contribution in [0, 0.1) is 5.92 Å². The summed E-state index contributed by atoms with van der Waals surface area (Å²) in [6, 6.07) is 9.81. The molecule has 2 atom stereocenters. The summed E-state index contributed by atoms with van der Waals surface area (Å²) < 4.78 is 0. The summed E-state index contributed by atoms with van der Waals surface area (Å²) in [4.78, 5) is 23.4. The molecule has 4 heteroatoms. The van der Waals surface area contributed by atoms with E-state index in [9.17, 15) is 9.59 Å². The Morgan fingerprint density at radius 2 is 1.67 bits per heavy atom. The van der Waals surface area contributed by atoms with Crippen molar-refractivity contribution in [3.63, 3.8) is 0 Å². The predicted molar refractivity (Wildman–Crippen MR) is 84.8 cm³/mol. The van der Waals surface area contributed by atoms with Gasteiger partial charge in [0.15, 0.2) is 0 Å². The third-order valence-corrected chi connectivity index (χ3v) is 3.41. The molecule has 0 spiro atoms. The molecule has 21 heavy (non-hydrogen) atoms. The third kappa shape index (κ3) is 6.43. The number of carbonyl (C=O) groups excluding carboxylic acids is 2. The van der Waals surface area contributed by atoms with Crippen molar-refractivity contribution in [3.05, 3.63) is 35.9 Å². The Labute approximate surface area is 127 Å². The van der Waals surface area contributed by atoms with E-state index in [1.54, 1.807) is 0 Å². The van der Waals surface area contributed by atoms with E-state index in [2.05, 4.69) is 22.8 Å². The van der Waals surface area contributed by atoms with Crippen molar-refractivity contribution in [3.8, 4) is 0 Å². The van der Waals surface area contributed by atoms with Gasteiger partial charge in [0.2, 0.25) is 11.8 Å². The van der Waals surface area contributed by atoms with Crippen LogP contribution in [0.3, 0.4) is 0 Å². The minimum absolute atomic E-state index is 0.0650. The summed E-state index contributed by atoms with van der Waals surface area (Å²) >= 11 is 0. The lowest BCUT2D eigenvalue weighted by Gasteiger charge is -2.23. The first-order valence-corrected chi connectivity index (χ1v) is 7.51. The zero-order valence-corrected chi connectivity index (χ0v) is 13.3. The smallest absolute Gasteiger partial charge is 0.243 e. The van der Waals surface area contributed by atoms with Gasteiger partial charge in [-0.3, -0.25) is 9.59 Å². The lowest BCUT2D eigenvalue weighted by molar-refractivity contribution is -0.129. The van der Waals surface area contributed by atoms with Crippen LogP contribution in [0.5, 0.6) is 0 Å². The second-order valence-electron chi connectivity index (χ2n) is 5.86. The number of carbonyl (C=O) groups is 2. The van der Waals surface area contributed by atoms with E-state index < -0.39 is 6.04 Å². The van der Waals surface area contributed by atoms with Gasteiger partial charge < -0.3 is 10.6 Å². The number of benzene rings is 1. The lowest BCUT2D eigenvalue weighted by Crippen LogP contribution is -2.51. The summed E-state index contributed by atoms with van der Waals surface area (Å²) in [6.45, 7) is 7.27. The Bertz CT molecular complexity index is 457. The topological polar surface area (TPSA) is 58.2 Å². The monoisotopic (exact) mass is 290 g/mol. The molecule has 1 aromatic rings. The molecule has 0 aliphatic rings. The highest BCUT2D eigenvalue weighted by Crippen LogP contribution is 2.06. The minimum Gasteiger partial charge on any atom is -0.352 e. The third-order valence-electron chi connectivity index (χ3n) is 3.41. The molecule has 0 aliphatic carbocycles. The van der Waals surface area contributed by atoms with Gasteiger partial charge >= 0.3 is 0 Å². The zero-order valence-electron chi connectivity index (χ0n) is 13.3. The molecule has 0 unspecified atom stereocenters. The van der Waals surface area contributed by atoms with Gasteiger partial charge in [-0.15, -0.1) is 0 Å². The molecule has 0 heterocycles. The first-order chi connectivity index (χ1) is 9.90. The van der Waals surface area contributed by atoms with Crippen molar-refractivity contribution >= 4 is 11.8 Å². The van der Waals surface area contributed by atoms with Gasteiger partial charge in [-0.25, -0.2) is 0 Å². The van der Waals surface area contributed by atoms with E-state index in [1.807, 2.05) is 39.0 Å². The van der Waals surface area contributed by atoms with Crippen molar-refractivity contribution in [2.24, 2.45) is 5.92 Å². The molecule has 116 valence electrons. The van der Waals surface area contributed by atoms with Crippen molar-refractivity contribution in [2.75, 3.05) is 0 Å². The molecule has 1 rings (SSSR count). The minimum atomic E-state index is -0.471. The molecule has 0 bridgehead atoms. The molecule has 4 nitrogen and oxygen atoms in total. The van der Waals surface area contributed by atoms with Gasteiger partial charge in [-0.2, -0.15) is 0 Å². The van der Waals surface area contributed by atoms with E-state index in [0.29, 0.717) is 0 Å². The molecule has 0 saturated carbocycles. The van der Waals surface area contributed by atoms with Gasteiger partial charge in [-0.1, -0.05) is 44.2 Å². The number of aryl methyl sites for hydroxylation is 1. The second kappa shape index (κ2) is 8.45. The summed E-state index contributed by atoms with van der Waals surface area (Å²) in [7, 11) is 0. The summed E-state index contributed by atoms with van der Waals surface area (Å²) in [5.74, 6) is -0.225. The largest absolute Gasteiger partial charge is 0.352 e. The van der Waals surface area contributed by atoms with Crippen LogP contribution in [0.25, 0.3) is 0 Å². The van der Waals surface area contributed by atoms with Crippen LogP contribution in [-0.4, -0.2) is 23.9 Å². The van der Waals surface area contributed by atoms with Gasteiger partial charge in [0.05, 0.1) is 0 Å². The van der Waals surface area contributed by atoms with Gasteiger partial charge in [0.1, 0.15) is 6.04 Å². The maximum absolute atomic E-state index is 12.2. The molecule has 1 aromatic carbocycles. The zero-order chi connectivity index (χ0) is 15.8. The molecule has 0 saturated heterocycles.